The molecule has 2 atom stereocenters. The molecule has 0 aliphatic carbocycles. The number of hydrogen-bond acceptors (Lipinski definition) is 8. The minimum atomic E-state index is -1.15. The van der Waals surface area contributed by atoms with Crippen LogP contribution >= 0.6 is 0 Å². The lowest BCUT2D eigenvalue weighted by Gasteiger charge is -2.51. The summed E-state index contributed by atoms with van der Waals surface area (Å²) in [6.45, 7) is 36.0. The van der Waals surface area contributed by atoms with Crippen molar-refractivity contribution in [2.45, 2.75) is 192 Å². The number of carbonyl (C=O) groups is 5. The normalized spacial score (nSPS) is 14.2. The van der Waals surface area contributed by atoms with E-state index in [9.17, 15) is 24.0 Å². The van der Waals surface area contributed by atoms with Crippen LogP contribution in [-0.4, -0.2) is 58.5 Å². The van der Waals surface area contributed by atoms with Gasteiger partial charge in [0, 0.05) is 30.1 Å². The lowest BCUT2D eigenvalue weighted by atomic mass is 9.62. The Morgan fingerprint density at radius 1 is 0.500 bits per heavy atom. The van der Waals surface area contributed by atoms with Crippen LogP contribution in [0, 0.1) is 33.5 Å². The number of nitrogens with one attached hydrogen (secondary N) is 3. The number of benzene rings is 2. The highest BCUT2D eigenvalue weighted by molar-refractivity contribution is 5.87. The van der Waals surface area contributed by atoms with Crippen molar-refractivity contribution in [1.82, 2.24) is 16.0 Å². The third kappa shape index (κ3) is 16.3. The third-order valence-electron chi connectivity index (χ3n) is 14.6. The predicted octanol–water partition coefficient (Wildman–Crippen LogP) is 10.3. The second-order valence-electron chi connectivity index (χ2n) is 23.1. The van der Waals surface area contributed by atoms with Crippen LogP contribution in [0.1, 0.15) is 168 Å². The van der Waals surface area contributed by atoms with E-state index in [2.05, 4.69) is 64.4 Å². The van der Waals surface area contributed by atoms with Gasteiger partial charge in [0.1, 0.15) is 13.2 Å². The summed E-state index contributed by atoms with van der Waals surface area (Å²) in [6, 6.07) is 18.6. The van der Waals surface area contributed by atoms with Crippen molar-refractivity contribution < 1.29 is 38.2 Å². The molecule has 0 aliphatic rings. The van der Waals surface area contributed by atoms with Crippen molar-refractivity contribution in [1.29, 1.82) is 0 Å². The standard InChI is InChI=1S/C53H85N3O8/c1-37(57)54-52(15,16)49(9,10)41(34-43(59)63-36-39-27-23-20-24-28-39)45(61)56-53(17,18)50(11,12)40(33-42(58)62-35-38-25-21-19-22-26-38)44(60)55-51(13,14)47(5,6)29-30-48(7,8)64-32-31-46(2,3)4/h19-28,40-41H,29-36H2,1-18H3,(H,54,57)(H,55,60)(H,56,61). The quantitative estimate of drug-likeness (QED) is 0.0882. The summed E-state index contributed by atoms with van der Waals surface area (Å²) in [5, 5.41) is 9.55. The highest BCUT2D eigenvalue weighted by atomic mass is 16.5. The van der Waals surface area contributed by atoms with Gasteiger partial charge in [0.05, 0.1) is 30.3 Å². The fourth-order valence-corrected chi connectivity index (χ4v) is 7.50. The molecule has 0 heterocycles. The molecule has 64 heavy (non-hydrogen) atoms. The molecular formula is C53H85N3O8. The first-order chi connectivity index (χ1) is 29.1. The van der Waals surface area contributed by atoms with E-state index in [0.717, 1.165) is 30.4 Å². The zero-order chi connectivity index (χ0) is 49.2. The molecule has 11 nitrogen and oxygen atoms in total. The minimum Gasteiger partial charge on any atom is -0.461 e. The van der Waals surface area contributed by atoms with E-state index in [4.69, 9.17) is 14.2 Å². The van der Waals surface area contributed by atoms with Gasteiger partial charge in [-0.2, -0.15) is 0 Å². The maximum atomic E-state index is 14.9. The Morgan fingerprint density at radius 3 is 1.25 bits per heavy atom. The molecule has 2 unspecified atom stereocenters. The Bertz CT molecular complexity index is 1860. The van der Waals surface area contributed by atoms with Gasteiger partial charge in [0.2, 0.25) is 17.7 Å². The molecule has 0 aromatic heterocycles. The first-order valence-corrected chi connectivity index (χ1v) is 23.0. The van der Waals surface area contributed by atoms with E-state index in [1.165, 1.54) is 6.92 Å². The summed E-state index contributed by atoms with van der Waals surface area (Å²) >= 11 is 0. The number of esters is 2. The van der Waals surface area contributed by atoms with Crippen LogP contribution in [0.3, 0.4) is 0 Å². The number of amides is 3. The molecule has 2 aromatic rings. The number of hydrogen-bond donors (Lipinski definition) is 3. The van der Waals surface area contributed by atoms with Crippen molar-refractivity contribution in [3.8, 4) is 0 Å². The summed E-state index contributed by atoms with van der Waals surface area (Å²) < 4.78 is 17.8. The monoisotopic (exact) mass is 892 g/mol. The lowest BCUT2D eigenvalue weighted by Crippen LogP contribution is -2.64. The zero-order valence-corrected chi connectivity index (χ0v) is 42.9. The van der Waals surface area contributed by atoms with Crippen molar-refractivity contribution >= 4 is 29.7 Å². The van der Waals surface area contributed by atoms with Crippen LogP contribution in [0.15, 0.2) is 60.7 Å². The SMILES string of the molecule is CC(=O)NC(C)(C)C(C)(C)C(CC(=O)OCc1ccccc1)C(=O)NC(C)(C)C(C)(C)C(CC(=O)OCc1ccccc1)C(=O)NC(C)(C)C(C)(C)CCC(C)(C)OCCC(C)(C)C. The molecule has 0 aliphatic heterocycles. The molecule has 11 heteroatoms. The highest BCUT2D eigenvalue weighted by Gasteiger charge is 2.53. The van der Waals surface area contributed by atoms with Gasteiger partial charge in [-0.25, -0.2) is 0 Å². The van der Waals surface area contributed by atoms with Gasteiger partial charge >= 0.3 is 11.9 Å². The Balaban J connectivity index is 2.52. The summed E-state index contributed by atoms with van der Waals surface area (Å²) in [5.74, 6) is -4.18. The van der Waals surface area contributed by atoms with Crippen LogP contribution < -0.4 is 16.0 Å². The second-order valence-corrected chi connectivity index (χ2v) is 23.1. The predicted molar refractivity (Wildman–Crippen MR) is 256 cm³/mol. The van der Waals surface area contributed by atoms with Gasteiger partial charge in [-0.1, -0.05) is 123 Å². The smallest absolute Gasteiger partial charge is 0.306 e. The van der Waals surface area contributed by atoms with Crippen LogP contribution in [-0.2, 0) is 51.4 Å². The van der Waals surface area contributed by atoms with Crippen LogP contribution in [0.5, 0.6) is 0 Å². The highest BCUT2D eigenvalue weighted by Crippen LogP contribution is 2.45. The Kier molecular flexibility index (Phi) is 19.1. The molecule has 0 saturated heterocycles. The van der Waals surface area contributed by atoms with Crippen LogP contribution in [0.4, 0.5) is 0 Å². The van der Waals surface area contributed by atoms with Gasteiger partial charge in [0.25, 0.3) is 0 Å². The van der Waals surface area contributed by atoms with E-state index < -0.39 is 62.5 Å². The average molecular weight is 892 g/mol. The fraction of sp³-hybridized carbons (Fsp3) is 0.679. The maximum Gasteiger partial charge on any atom is 0.306 e. The molecular weight excluding hydrogens is 807 g/mol. The minimum absolute atomic E-state index is 0.0371. The molecule has 3 amide bonds. The van der Waals surface area contributed by atoms with Crippen LogP contribution in [0.25, 0.3) is 0 Å². The van der Waals surface area contributed by atoms with Crippen molar-refractivity contribution in [3.63, 3.8) is 0 Å². The third-order valence-corrected chi connectivity index (χ3v) is 14.6. The summed E-state index contributed by atoms with van der Waals surface area (Å²) in [5.41, 5.74) is -3.92. The first kappa shape index (κ1) is 55.9. The number of rotatable bonds is 24. The molecule has 2 rings (SSSR count). The van der Waals surface area contributed by atoms with E-state index in [0.29, 0.717) is 6.61 Å². The zero-order valence-electron chi connectivity index (χ0n) is 42.9. The second kappa shape index (κ2) is 21.8. The van der Waals surface area contributed by atoms with Gasteiger partial charge in [-0.15, -0.1) is 0 Å². The molecule has 0 bridgehead atoms. The van der Waals surface area contributed by atoms with Gasteiger partial charge in [-0.05, 0) is 107 Å². The molecule has 360 valence electrons. The van der Waals surface area contributed by atoms with E-state index in [-0.39, 0.29) is 48.9 Å². The maximum absolute atomic E-state index is 14.9. The van der Waals surface area contributed by atoms with Gasteiger partial charge in [0.15, 0.2) is 0 Å². The van der Waals surface area contributed by atoms with Gasteiger partial charge < -0.3 is 30.2 Å². The fourth-order valence-electron chi connectivity index (χ4n) is 7.50. The Morgan fingerprint density at radius 2 is 0.875 bits per heavy atom. The lowest BCUT2D eigenvalue weighted by molar-refractivity contribution is -0.154. The van der Waals surface area contributed by atoms with Crippen molar-refractivity contribution in [2.24, 2.45) is 33.5 Å². The molecule has 3 N–H and O–H groups in total. The van der Waals surface area contributed by atoms with E-state index in [1.807, 2.05) is 130 Å². The largest absolute Gasteiger partial charge is 0.461 e. The topological polar surface area (TPSA) is 149 Å². The Labute approximate surface area is 386 Å². The Hall–Kier alpha value is -4.25. The first-order valence-electron chi connectivity index (χ1n) is 23.0. The number of ether oxygens (including phenoxy) is 3. The van der Waals surface area contributed by atoms with Crippen molar-refractivity contribution in [2.75, 3.05) is 6.61 Å². The van der Waals surface area contributed by atoms with Gasteiger partial charge in [-0.3, -0.25) is 24.0 Å². The molecule has 0 fully saturated rings. The van der Waals surface area contributed by atoms with E-state index >= 15 is 0 Å². The molecule has 0 radical (unpaired) electrons. The number of carbonyl (C=O) groups excluding carboxylic acids is 5. The summed E-state index contributed by atoms with van der Waals surface area (Å²) in [6.07, 6.45) is 1.92. The van der Waals surface area contributed by atoms with Crippen LogP contribution in [0.2, 0.25) is 0 Å². The molecule has 0 spiro atoms. The summed E-state index contributed by atoms with van der Waals surface area (Å²) in [7, 11) is 0. The van der Waals surface area contributed by atoms with Crippen molar-refractivity contribution in [3.05, 3.63) is 71.8 Å². The molecule has 0 saturated carbocycles. The van der Waals surface area contributed by atoms with E-state index in [1.54, 1.807) is 0 Å². The average Bonchev–Trinajstić information content (AvgIpc) is 3.15. The molecule has 2 aromatic carbocycles. The summed E-state index contributed by atoms with van der Waals surface area (Å²) in [4.78, 5) is 69.6.